The van der Waals surface area contributed by atoms with Crippen molar-refractivity contribution < 1.29 is 4.42 Å². The van der Waals surface area contributed by atoms with E-state index in [1.165, 1.54) is 19.4 Å². The molecule has 0 radical (unpaired) electrons. The van der Waals surface area contributed by atoms with Gasteiger partial charge in [-0.1, -0.05) is 0 Å². The van der Waals surface area contributed by atoms with Gasteiger partial charge in [0.2, 0.25) is 0 Å². The minimum atomic E-state index is 0.576. The Kier molecular flexibility index (Phi) is 3.42. The summed E-state index contributed by atoms with van der Waals surface area (Å²) in [6, 6.07) is 8.47. The molecule has 1 aliphatic rings. The third kappa shape index (κ3) is 2.41. The van der Waals surface area contributed by atoms with Gasteiger partial charge in [0.25, 0.3) is 0 Å². The predicted octanol–water partition coefficient (Wildman–Crippen LogP) is 2.71. The number of pyridine rings is 1. The van der Waals surface area contributed by atoms with Crippen LogP contribution in [-0.2, 0) is 13.0 Å². The van der Waals surface area contributed by atoms with Crippen LogP contribution in [0.4, 0.5) is 0 Å². The smallest absolute Gasteiger partial charge is 0.160 e. The zero-order chi connectivity index (χ0) is 14.9. The zero-order valence-corrected chi connectivity index (χ0v) is 12.8. The van der Waals surface area contributed by atoms with Crippen molar-refractivity contribution in [1.82, 2.24) is 19.4 Å². The molecule has 4 heterocycles. The second-order valence-electron chi connectivity index (χ2n) is 6.02. The molecule has 0 bridgehead atoms. The van der Waals surface area contributed by atoms with Crippen molar-refractivity contribution in [2.24, 2.45) is 0 Å². The van der Waals surface area contributed by atoms with Crippen molar-refractivity contribution in [1.29, 1.82) is 0 Å². The van der Waals surface area contributed by atoms with E-state index >= 15 is 0 Å². The number of likely N-dealkylation sites (tertiary alicyclic amines) is 1. The van der Waals surface area contributed by atoms with E-state index < -0.39 is 0 Å². The van der Waals surface area contributed by atoms with Crippen LogP contribution in [0.15, 0.2) is 41.1 Å². The Labute approximate surface area is 129 Å². The molecule has 0 spiro atoms. The molecule has 1 atom stereocenters. The molecule has 0 saturated carbocycles. The van der Waals surface area contributed by atoms with Gasteiger partial charge in [0, 0.05) is 18.7 Å². The number of furan rings is 1. The fourth-order valence-electron chi connectivity index (χ4n) is 3.33. The van der Waals surface area contributed by atoms with Crippen molar-refractivity contribution in [3.63, 3.8) is 0 Å². The second kappa shape index (κ2) is 5.57. The van der Waals surface area contributed by atoms with Gasteiger partial charge in [-0.15, -0.1) is 0 Å². The molecule has 114 valence electrons. The quantitative estimate of drug-likeness (QED) is 0.742. The van der Waals surface area contributed by atoms with Crippen LogP contribution in [0.2, 0.25) is 0 Å². The summed E-state index contributed by atoms with van der Waals surface area (Å²) in [4.78, 5) is 11.8. The minimum Gasteiger partial charge on any atom is -0.467 e. The van der Waals surface area contributed by atoms with E-state index in [9.17, 15) is 0 Å². The number of nitrogens with zero attached hydrogens (tertiary/aromatic N) is 4. The molecule has 1 aliphatic heterocycles. The SMILES string of the molecule is CN1CCCC1Cc1nc2cccnc2n1Cc1ccco1. The van der Waals surface area contributed by atoms with Crippen LogP contribution >= 0.6 is 0 Å². The number of fused-ring (bicyclic) bond motifs is 1. The minimum absolute atomic E-state index is 0.576. The van der Waals surface area contributed by atoms with Gasteiger partial charge < -0.3 is 13.9 Å². The van der Waals surface area contributed by atoms with Gasteiger partial charge in [-0.2, -0.15) is 0 Å². The van der Waals surface area contributed by atoms with E-state index in [-0.39, 0.29) is 0 Å². The lowest BCUT2D eigenvalue weighted by Gasteiger charge is -2.19. The van der Waals surface area contributed by atoms with Crippen LogP contribution in [0.25, 0.3) is 11.2 Å². The van der Waals surface area contributed by atoms with E-state index in [0.717, 1.165) is 29.2 Å². The molecule has 5 nitrogen and oxygen atoms in total. The summed E-state index contributed by atoms with van der Waals surface area (Å²) in [6.07, 6.45) is 7.03. The summed E-state index contributed by atoms with van der Waals surface area (Å²) < 4.78 is 7.71. The molecule has 1 saturated heterocycles. The van der Waals surface area contributed by atoms with E-state index in [4.69, 9.17) is 9.40 Å². The maximum Gasteiger partial charge on any atom is 0.160 e. The zero-order valence-electron chi connectivity index (χ0n) is 12.8. The summed E-state index contributed by atoms with van der Waals surface area (Å²) >= 11 is 0. The van der Waals surface area contributed by atoms with Crippen LogP contribution in [0.1, 0.15) is 24.4 Å². The van der Waals surface area contributed by atoms with Gasteiger partial charge in [0.05, 0.1) is 12.8 Å². The fourth-order valence-corrected chi connectivity index (χ4v) is 3.33. The maximum atomic E-state index is 5.52. The molecule has 5 heteroatoms. The number of hydrogen-bond acceptors (Lipinski definition) is 4. The summed E-state index contributed by atoms with van der Waals surface area (Å²) in [5.74, 6) is 2.04. The number of likely N-dealkylation sites (N-methyl/N-ethyl adjacent to an activating group) is 1. The molecule has 0 aliphatic carbocycles. The highest BCUT2D eigenvalue weighted by molar-refractivity contribution is 5.71. The van der Waals surface area contributed by atoms with E-state index in [0.29, 0.717) is 12.6 Å². The Morgan fingerprint density at radius 1 is 1.32 bits per heavy atom. The first-order chi connectivity index (χ1) is 10.8. The van der Waals surface area contributed by atoms with Gasteiger partial charge in [0.1, 0.15) is 17.1 Å². The molecular formula is C17H20N4O. The average molecular weight is 296 g/mol. The van der Waals surface area contributed by atoms with Crippen LogP contribution in [0.3, 0.4) is 0 Å². The van der Waals surface area contributed by atoms with Crippen LogP contribution in [-0.4, -0.2) is 39.1 Å². The Morgan fingerprint density at radius 3 is 3.05 bits per heavy atom. The molecular weight excluding hydrogens is 276 g/mol. The predicted molar refractivity (Wildman–Crippen MR) is 84.7 cm³/mol. The first-order valence-electron chi connectivity index (χ1n) is 7.84. The number of imidazole rings is 1. The van der Waals surface area contributed by atoms with Crippen molar-refractivity contribution in [3.8, 4) is 0 Å². The third-order valence-electron chi connectivity index (χ3n) is 4.57. The van der Waals surface area contributed by atoms with E-state index in [1.807, 2.05) is 30.5 Å². The van der Waals surface area contributed by atoms with Gasteiger partial charge >= 0.3 is 0 Å². The highest BCUT2D eigenvalue weighted by Crippen LogP contribution is 2.22. The second-order valence-corrected chi connectivity index (χ2v) is 6.02. The van der Waals surface area contributed by atoms with E-state index in [1.54, 1.807) is 6.26 Å². The summed E-state index contributed by atoms with van der Waals surface area (Å²) in [7, 11) is 2.20. The standard InChI is InChI=1S/C17H20N4O/c1-20-9-3-5-13(20)11-16-19-15-7-2-8-18-17(15)21(16)12-14-6-4-10-22-14/h2,4,6-8,10,13H,3,5,9,11-12H2,1H3. The summed E-state index contributed by atoms with van der Waals surface area (Å²) in [5, 5.41) is 0. The Balaban J connectivity index is 1.72. The Morgan fingerprint density at radius 2 is 2.27 bits per heavy atom. The first-order valence-corrected chi connectivity index (χ1v) is 7.84. The van der Waals surface area contributed by atoms with Crippen LogP contribution in [0, 0.1) is 0 Å². The molecule has 22 heavy (non-hydrogen) atoms. The molecule has 0 amide bonds. The van der Waals surface area contributed by atoms with Crippen LogP contribution in [0.5, 0.6) is 0 Å². The maximum absolute atomic E-state index is 5.52. The van der Waals surface area contributed by atoms with Gasteiger partial charge in [-0.3, -0.25) is 0 Å². The molecule has 4 rings (SSSR count). The summed E-state index contributed by atoms with van der Waals surface area (Å²) in [5.41, 5.74) is 1.90. The lowest BCUT2D eigenvalue weighted by atomic mass is 10.1. The molecule has 1 fully saturated rings. The van der Waals surface area contributed by atoms with Gasteiger partial charge in [-0.25, -0.2) is 9.97 Å². The lowest BCUT2D eigenvalue weighted by molar-refractivity contribution is 0.303. The third-order valence-corrected chi connectivity index (χ3v) is 4.57. The normalized spacial score (nSPS) is 19.2. The average Bonchev–Trinajstić information content (AvgIpc) is 3.24. The molecule has 1 unspecified atom stereocenters. The van der Waals surface area contributed by atoms with Crippen molar-refractivity contribution in [2.45, 2.75) is 31.8 Å². The van der Waals surface area contributed by atoms with Gasteiger partial charge in [0.15, 0.2) is 5.65 Å². The number of hydrogen-bond donors (Lipinski definition) is 0. The summed E-state index contributed by atoms with van der Waals surface area (Å²) in [6.45, 7) is 1.87. The lowest BCUT2D eigenvalue weighted by Crippen LogP contribution is -2.28. The molecule has 3 aromatic heterocycles. The van der Waals surface area contributed by atoms with Gasteiger partial charge in [-0.05, 0) is 50.7 Å². The van der Waals surface area contributed by atoms with Crippen molar-refractivity contribution in [2.75, 3.05) is 13.6 Å². The molecule has 0 N–H and O–H groups in total. The highest BCUT2D eigenvalue weighted by atomic mass is 16.3. The largest absolute Gasteiger partial charge is 0.467 e. The topological polar surface area (TPSA) is 47.1 Å². The monoisotopic (exact) mass is 296 g/mol. The molecule has 3 aromatic rings. The van der Waals surface area contributed by atoms with Crippen molar-refractivity contribution in [3.05, 3.63) is 48.3 Å². The molecule has 0 aromatic carbocycles. The highest BCUT2D eigenvalue weighted by Gasteiger charge is 2.24. The number of rotatable bonds is 4. The fraction of sp³-hybridized carbons (Fsp3) is 0.412. The van der Waals surface area contributed by atoms with Crippen LogP contribution < -0.4 is 0 Å². The van der Waals surface area contributed by atoms with E-state index in [2.05, 4.69) is 21.5 Å². The Hall–Kier alpha value is -2.14. The van der Waals surface area contributed by atoms with Crippen molar-refractivity contribution >= 4 is 11.2 Å². The number of aromatic nitrogens is 3. The Bertz CT molecular complexity index is 762. The first kappa shape index (κ1) is 13.5.